The Kier molecular flexibility index (Phi) is 4.57. The van der Waals surface area contributed by atoms with Gasteiger partial charge in [-0.3, -0.25) is 4.79 Å². The fourth-order valence-electron chi connectivity index (χ4n) is 2.58. The van der Waals surface area contributed by atoms with Crippen LogP contribution in [-0.4, -0.2) is 23.0 Å². The number of hydrogen-bond donors (Lipinski definition) is 2. The number of pyridine rings is 1. The molecule has 118 valence electrons. The highest BCUT2D eigenvalue weighted by molar-refractivity contribution is 5.90. The molecule has 2 aromatic heterocycles. The lowest BCUT2D eigenvalue weighted by Gasteiger charge is -2.05. The molecule has 23 heavy (non-hydrogen) atoms. The average molecular weight is 309 g/mol. The minimum atomic E-state index is -0.00296. The van der Waals surface area contributed by atoms with Crippen LogP contribution in [0.25, 0.3) is 10.9 Å². The Morgan fingerprint density at radius 2 is 2.13 bits per heavy atom. The molecule has 3 aromatic rings. The molecular weight excluding hydrogens is 290 g/mol. The Morgan fingerprint density at radius 1 is 1.26 bits per heavy atom. The molecule has 3 rings (SSSR count). The number of aryl methyl sites for hydroxylation is 1. The number of carbonyl (C=O) groups excluding carboxylic acids is 1. The number of methoxy groups -OCH3 is 1. The van der Waals surface area contributed by atoms with Crippen molar-refractivity contribution in [3.63, 3.8) is 0 Å². The Labute approximate surface area is 134 Å². The second-order valence-electron chi connectivity index (χ2n) is 5.35. The lowest BCUT2D eigenvalue weighted by atomic mass is 10.1. The SMILES string of the molecule is COc1ccc(NC(=O)CCCc2c[nH]c3ccccc23)cn1. The van der Waals surface area contributed by atoms with E-state index >= 15 is 0 Å². The van der Waals surface area contributed by atoms with E-state index in [1.807, 2.05) is 18.3 Å². The number of H-pyrrole nitrogens is 1. The van der Waals surface area contributed by atoms with E-state index in [1.54, 1.807) is 25.4 Å². The van der Waals surface area contributed by atoms with Gasteiger partial charge in [0.25, 0.3) is 0 Å². The lowest BCUT2D eigenvalue weighted by Crippen LogP contribution is -2.11. The van der Waals surface area contributed by atoms with Crippen LogP contribution in [-0.2, 0) is 11.2 Å². The van der Waals surface area contributed by atoms with Crippen LogP contribution in [0.5, 0.6) is 5.88 Å². The third kappa shape index (κ3) is 3.69. The first-order chi connectivity index (χ1) is 11.3. The summed E-state index contributed by atoms with van der Waals surface area (Å²) < 4.78 is 4.99. The summed E-state index contributed by atoms with van der Waals surface area (Å²) >= 11 is 0. The Hall–Kier alpha value is -2.82. The zero-order chi connectivity index (χ0) is 16.1. The number of para-hydroxylation sites is 1. The Morgan fingerprint density at radius 3 is 2.91 bits per heavy atom. The summed E-state index contributed by atoms with van der Waals surface area (Å²) in [5.74, 6) is 0.527. The van der Waals surface area contributed by atoms with Gasteiger partial charge in [-0.05, 0) is 30.5 Å². The van der Waals surface area contributed by atoms with E-state index in [-0.39, 0.29) is 5.91 Å². The molecular formula is C18H19N3O2. The third-order valence-corrected chi connectivity index (χ3v) is 3.75. The number of rotatable bonds is 6. The number of nitrogens with zero attached hydrogens (tertiary/aromatic N) is 1. The fraction of sp³-hybridized carbons (Fsp3) is 0.222. The van der Waals surface area contributed by atoms with E-state index in [0.29, 0.717) is 18.0 Å². The van der Waals surface area contributed by atoms with Crippen molar-refractivity contribution < 1.29 is 9.53 Å². The first-order valence-corrected chi connectivity index (χ1v) is 7.61. The van der Waals surface area contributed by atoms with Gasteiger partial charge in [-0.15, -0.1) is 0 Å². The van der Waals surface area contributed by atoms with Crippen LogP contribution in [0.3, 0.4) is 0 Å². The van der Waals surface area contributed by atoms with E-state index in [0.717, 1.165) is 18.4 Å². The molecule has 5 heteroatoms. The number of fused-ring (bicyclic) bond motifs is 1. The van der Waals surface area contributed by atoms with Gasteiger partial charge in [0.15, 0.2) is 0 Å². The van der Waals surface area contributed by atoms with Crippen LogP contribution >= 0.6 is 0 Å². The van der Waals surface area contributed by atoms with Crippen LogP contribution < -0.4 is 10.1 Å². The summed E-state index contributed by atoms with van der Waals surface area (Å²) in [6.45, 7) is 0. The maximum atomic E-state index is 12.0. The van der Waals surface area contributed by atoms with Crippen molar-refractivity contribution in [2.24, 2.45) is 0 Å². The second kappa shape index (κ2) is 6.96. The van der Waals surface area contributed by atoms with Crippen molar-refractivity contribution in [3.8, 4) is 5.88 Å². The van der Waals surface area contributed by atoms with E-state index in [1.165, 1.54) is 10.9 Å². The molecule has 2 heterocycles. The fourth-order valence-corrected chi connectivity index (χ4v) is 2.58. The largest absolute Gasteiger partial charge is 0.481 e. The highest BCUT2D eigenvalue weighted by atomic mass is 16.5. The summed E-state index contributed by atoms with van der Waals surface area (Å²) in [4.78, 5) is 19.3. The van der Waals surface area contributed by atoms with Crippen LogP contribution in [0.4, 0.5) is 5.69 Å². The number of carbonyl (C=O) groups is 1. The number of aromatic nitrogens is 2. The molecule has 0 radical (unpaired) electrons. The lowest BCUT2D eigenvalue weighted by molar-refractivity contribution is -0.116. The molecule has 0 fully saturated rings. The molecule has 0 aliphatic heterocycles. The number of benzene rings is 1. The normalized spacial score (nSPS) is 10.7. The Bertz CT molecular complexity index is 793. The number of amides is 1. The first kappa shape index (κ1) is 15.1. The quantitative estimate of drug-likeness (QED) is 0.732. The number of nitrogens with one attached hydrogen (secondary N) is 2. The molecule has 1 amide bonds. The average Bonchev–Trinajstić information content (AvgIpc) is 2.99. The van der Waals surface area contributed by atoms with Gasteiger partial charge in [-0.1, -0.05) is 18.2 Å². The van der Waals surface area contributed by atoms with Crippen molar-refractivity contribution in [1.29, 1.82) is 0 Å². The summed E-state index contributed by atoms with van der Waals surface area (Å²) in [6, 6.07) is 11.7. The monoisotopic (exact) mass is 309 g/mol. The van der Waals surface area contributed by atoms with Crippen LogP contribution in [0, 0.1) is 0 Å². The summed E-state index contributed by atoms with van der Waals surface area (Å²) in [5.41, 5.74) is 3.07. The van der Waals surface area contributed by atoms with Crippen LogP contribution in [0.1, 0.15) is 18.4 Å². The molecule has 0 unspecified atom stereocenters. The molecule has 0 spiro atoms. The van der Waals surface area contributed by atoms with E-state index in [9.17, 15) is 4.79 Å². The van der Waals surface area contributed by atoms with Gasteiger partial charge in [-0.25, -0.2) is 4.98 Å². The summed E-state index contributed by atoms with van der Waals surface area (Å²) in [5, 5.41) is 4.07. The Balaban J connectivity index is 1.51. The molecule has 5 nitrogen and oxygen atoms in total. The van der Waals surface area contributed by atoms with Gasteiger partial charge in [0, 0.05) is 29.6 Å². The number of hydrogen-bond acceptors (Lipinski definition) is 3. The molecule has 0 atom stereocenters. The van der Waals surface area contributed by atoms with Gasteiger partial charge in [0.1, 0.15) is 0 Å². The van der Waals surface area contributed by atoms with Crippen LogP contribution in [0.2, 0.25) is 0 Å². The summed E-state index contributed by atoms with van der Waals surface area (Å²) in [6.07, 6.45) is 5.77. The minimum absolute atomic E-state index is 0.00296. The number of ether oxygens (including phenoxy) is 1. The van der Waals surface area contributed by atoms with Crippen molar-refractivity contribution in [3.05, 3.63) is 54.4 Å². The van der Waals surface area contributed by atoms with Gasteiger partial charge in [-0.2, -0.15) is 0 Å². The predicted octanol–water partition coefficient (Wildman–Crippen LogP) is 3.53. The molecule has 0 saturated carbocycles. The maximum absolute atomic E-state index is 12.0. The topological polar surface area (TPSA) is 67.0 Å². The predicted molar refractivity (Wildman–Crippen MR) is 90.7 cm³/mol. The molecule has 2 N–H and O–H groups in total. The van der Waals surface area contributed by atoms with Gasteiger partial charge in [0.2, 0.25) is 11.8 Å². The maximum Gasteiger partial charge on any atom is 0.224 e. The number of aromatic amines is 1. The minimum Gasteiger partial charge on any atom is -0.481 e. The standard InChI is InChI=1S/C18H19N3O2/c1-23-18-10-9-14(12-20-18)21-17(22)8-4-5-13-11-19-16-7-3-2-6-15(13)16/h2-3,6-7,9-12,19H,4-5,8H2,1H3,(H,21,22). The third-order valence-electron chi connectivity index (χ3n) is 3.75. The molecule has 0 bridgehead atoms. The van der Waals surface area contributed by atoms with Crippen molar-refractivity contribution in [2.75, 3.05) is 12.4 Å². The highest BCUT2D eigenvalue weighted by Gasteiger charge is 2.06. The molecule has 0 saturated heterocycles. The van der Waals surface area contributed by atoms with Gasteiger partial charge in [0.05, 0.1) is 19.0 Å². The molecule has 0 aliphatic rings. The van der Waals surface area contributed by atoms with Gasteiger partial charge >= 0.3 is 0 Å². The van der Waals surface area contributed by atoms with Crippen molar-refractivity contribution in [1.82, 2.24) is 9.97 Å². The van der Waals surface area contributed by atoms with Crippen LogP contribution in [0.15, 0.2) is 48.8 Å². The zero-order valence-electron chi connectivity index (χ0n) is 13.0. The molecule has 0 aliphatic carbocycles. The number of anilines is 1. The van der Waals surface area contributed by atoms with E-state index in [2.05, 4.69) is 27.4 Å². The zero-order valence-corrected chi connectivity index (χ0v) is 13.0. The first-order valence-electron chi connectivity index (χ1n) is 7.61. The summed E-state index contributed by atoms with van der Waals surface area (Å²) in [7, 11) is 1.56. The highest BCUT2D eigenvalue weighted by Crippen LogP contribution is 2.19. The second-order valence-corrected chi connectivity index (χ2v) is 5.35. The molecule has 1 aromatic carbocycles. The van der Waals surface area contributed by atoms with Crippen molar-refractivity contribution >= 4 is 22.5 Å². The van der Waals surface area contributed by atoms with Crippen molar-refractivity contribution in [2.45, 2.75) is 19.3 Å². The van der Waals surface area contributed by atoms with Gasteiger partial charge < -0.3 is 15.0 Å². The smallest absolute Gasteiger partial charge is 0.224 e. The van der Waals surface area contributed by atoms with E-state index in [4.69, 9.17) is 4.74 Å². The van der Waals surface area contributed by atoms with E-state index < -0.39 is 0 Å².